The number of ether oxygens (including phenoxy) is 2. The molecule has 2 heterocycles. The first-order valence-electron chi connectivity index (χ1n) is 8.45. The number of carbonyl (C=O) groups excluding carboxylic acids is 1. The van der Waals surface area contributed by atoms with Gasteiger partial charge < -0.3 is 14.4 Å². The van der Waals surface area contributed by atoms with Gasteiger partial charge in [-0.05, 0) is 30.3 Å². The molecule has 0 aliphatic carbocycles. The largest absolute Gasteiger partial charge is 0.486 e. The molecule has 6 heteroatoms. The van der Waals surface area contributed by atoms with Gasteiger partial charge in [0.05, 0.1) is 11.9 Å². The zero-order valence-electron chi connectivity index (χ0n) is 14.5. The smallest absolute Gasteiger partial charge is 0.254 e. The van der Waals surface area contributed by atoms with Crippen LogP contribution in [0.5, 0.6) is 11.5 Å². The molecule has 2 aromatic carbocycles. The predicted octanol–water partition coefficient (Wildman–Crippen LogP) is 2.92. The van der Waals surface area contributed by atoms with Crippen LogP contribution < -0.4 is 9.47 Å². The van der Waals surface area contributed by atoms with Crippen LogP contribution in [0, 0.1) is 0 Å². The minimum absolute atomic E-state index is 0.0746. The number of nitrogens with zero attached hydrogens (tertiary/aromatic N) is 3. The van der Waals surface area contributed by atoms with Crippen LogP contribution in [0.3, 0.4) is 0 Å². The van der Waals surface area contributed by atoms with E-state index >= 15 is 0 Å². The number of hydrogen-bond donors (Lipinski definition) is 0. The Balaban J connectivity index is 1.47. The predicted molar refractivity (Wildman–Crippen MR) is 96.8 cm³/mol. The van der Waals surface area contributed by atoms with E-state index < -0.39 is 0 Å². The van der Waals surface area contributed by atoms with Crippen LogP contribution >= 0.6 is 0 Å². The Hall–Kier alpha value is -3.28. The second kappa shape index (κ2) is 6.92. The van der Waals surface area contributed by atoms with Crippen LogP contribution in [0.1, 0.15) is 15.9 Å². The summed E-state index contributed by atoms with van der Waals surface area (Å²) >= 11 is 0. The highest BCUT2D eigenvalue weighted by Crippen LogP contribution is 2.31. The quantitative estimate of drug-likeness (QED) is 0.727. The Labute approximate surface area is 151 Å². The molecule has 0 spiro atoms. The Morgan fingerprint density at radius 2 is 1.88 bits per heavy atom. The highest BCUT2D eigenvalue weighted by Gasteiger charge is 2.18. The number of benzene rings is 2. The molecule has 0 unspecified atom stereocenters. The summed E-state index contributed by atoms with van der Waals surface area (Å²) in [7, 11) is 1.78. The van der Waals surface area contributed by atoms with Gasteiger partial charge in [-0.25, -0.2) is 4.68 Å². The lowest BCUT2D eigenvalue weighted by atomic mass is 10.1. The zero-order valence-corrected chi connectivity index (χ0v) is 14.5. The summed E-state index contributed by atoms with van der Waals surface area (Å²) in [6.45, 7) is 1.50. The lowest BCUT2D eigenvalue weighted by Crippen LogP contribution is -2.26. The van der Waals surface area contributed by atoms with E-state index in [1.807, 2.05) is 36.5 Å². The molecule has 0 atom stereocenters. The second-order valence-electron chi connectivity index (χ2n) is 6.15. The number of hydrogen-bond acceptors (Lipinski definition) is 4. The van der Waals surface area contributed by atoms with Gasteiger partial charge in [-0.1, -0.05) is 18.2 Å². The molecule has 3 aromatic rings. The average Bonchev–Trinajstić information content (AvgIpc) is 3.16. The summed E-state index contributed by atoms with van der Waals surface area (Å²) in [4.78, 5) is 14.4. The van der Waals surface area contributed by atoms with Crippen molar-refractivity contribution in [2.45, 2.75) is 6.54 Å². The molecule has 1 aliphatic heterocycles. The monoisotopic (exact) mass is 349 g/mol. The van der Waals surface area contributed by atoms with E-state index in [-0.39, 0.29) is 5.91 Å². The third kappa shape index (κ3) is 3.26. The van der Waals surface area contributed by atoms with Gasteiger partial charge in [0.2, 0.25) is 0 Å². The average molecular weight is 349 g/mol. The molecule has 0 fully saturated rings. The fourth-order valence-corrected chi connectivity index (χ4v) is 2.91. The van der Waals surface area contributed by atoms with Crippen molar-refractivity contribution in [1.29, 1.82) is 0 Å². The fourth-order valence-electron chi connectivity index (χ4n) is 2.91. The van der Waals surface area contributed by atoms with Crippen LogP contribution in [0.25, 0.3) is 5.69 Å². The molecule has 6 nitrogen and oxygen atoms in total. The van der Waals surface area contributed by atoms with Crippen molar-refractivity contribution >= 4 is 5.91 Å². The van der Waals surface area contributed by atoms with E-state index in [1.165, 1.54) is 0 Å². The molecule has 0 bridgehead atoms. The third-order valence-electron chi connectivity index (χ3n) is 4.21. The first-order valence-corrected chi connectivity index (χ1v) is 8.45. The zero-order chi connectivity index (χ0) is 17.9. The van der Waals surface area contributed by atoms with Crippen LogP contribution in [0.4, 0.5) is 0 Å². The second-order valence-corrected chi connectivity index (χ2v) is 6.15. The Morgan fingerprint density at radius 1 is 1.12 bits per heavy atom. The molecule has 0 saturated heterocycles. The van der Waals surface area contributed by atoms with E-state index in [4.69, 9.17) is 9.47 Å². The molecular formula is C20H19N3O3. The van der Waals surface area contributed by atoms with Crippen LogP contribution in [0.15, 0.2) is 60.9 Å². The van der Waals surface area contributed by atoms with Gasteiger partial charge in [0, 0.05) is 30.9 Å². The molecule has 0 saturated carbocycles. The van der Waals surface area contributed by atoms with Crippen molar-refractivity contribution in [3.8, 4) is 17.2 Å². The molecule has 26 heavy (non-hydrogen) atoms. The maximum atomic E-state index is 12.7. The number of para-hydroxylation sites is 1. The van der Waals surface area contributed by atoms with Crippen molar-refractivity contribution in [3.05, 3.63) is 72.1 Å². The number of amides is 1. The molecule has 1 aromatic heterocycles. The Bertz CT molecular complexity index is 921. The lowest BCUT2D eigenvalue weighted by molar-refractivity contribution is 0.0784. The fraction of sp³-hybridized carbons (Fsp3) is 0.200. The van der Waals surface area contributed by atoms with E-state index in [9.17, 15) is 4.79 Å². The highest BCUT2D eigenvalue weighted by molar-refractivity contribution is 5.94. The van der Waals surface area contributed by atoms with Crippen molar-refractivity contribution in [3.63, 3.8) is 0 Å². The molecule has 132 valence electrons. The molecular weight excluding hydrogens is 330 g/mol. The SMILES string of the molecule is CN(Cc1cnn(-c2ccccc2)c1)C(=O)c1ccc2c(c1)OCCO2. The summed E-state index contributed by atoms with van der Waals surface area (Å²) in [6.07, 6.45) is 3.71. The molecule has 4 rings (SSSR count). The molecule has 1 amide bonds. The van der Waals surface area contributed by atoms with Gasteiger partial charge in [-0.3, -0.25) is 4.79 Å². The molecule has 0 N–H and O–H groups in total. The molecule has 0 radical (unpaired) electrons. The summed E-state index contributed by atoms with van der Waals surface area (Å²) < 4.78 is 12.9. The lowest BCUT2D eigenvalue weighted by Gasteiger charge is -2.20. The Kier molecular flexibility index (Phi) is 4.31. The summed E-state index contributed by atoms with van der Waals surface area (Å²) in [5.41, 5.74) is 2.52. The van der Waals surface area contributed by atoms with Gasteiger partial charge in [0.25, 0.3) is 5.91 Å². The maximum Gasteiger partial charge on any atom is 0.254 e. The number of fused-ring (bicyclic) bond motifs is 1. The topological polar surface area (TPSA) is 56.6 Å². The number of rotatable bonds is 4. The normalized spacial score (nSPS) is 12.7. The van der Waals surface area contributed by atoms with Crippen molar-refractivity contribution in [2.75, 3.05) is 20.3 Å². The highest BCUT2D eigenvalue weighted by atomic mass is 16.6. The Morgan fingerprint density at radius 3 is 2.69 bits per heavy atom. The van der Waals surface area contributed by atoms with Crippen LogP contribution in [-0.4, -0.2) is 40.8 Å². The van der Waals surface area contributed by atoms with E-state index in [0.717, 1.165) is 11.3 Å². The van der Waals surface area contributed by atoms with Crippen molar-refractivity contribution in [2.24, 2.45) is 0 Å². The summed E-state index contributed by atoms with van der Waals surface area (Å²) in [5.74, 6) is 1.22. The first-order chi connectivity index (χ1) is 12.7. The van der Waals surface area contributed by atoms with Crippen LogP contribution in [-0.2, 0) is 6.54 Å². The van der Waals surface area contributed by atoms with Crippen LogP contribution in [0.2, 0.25) is 0 Å². The molecule has 1 aliphatic rings. The minimum Gasteiger partial charge on any atom is -0.486 e. The van der Waals surface area contributed by atoms with Gasteiger partial charge in [0.1, 0.15) is 13.2 Å². The number of carbonyl (C=O) groups is 1. The van der Waals surface area contributed by atoms with Crippen molar-refractivity contribution < 1.29 is 14.3 Å². The summed E-state index contributed by atoms with van der Waals surface area (Å²) in [6, 6.07) is 15.2. The minimum atomic E-state index is -0.0746. The van der Waals surface area contributed by atoms with E-state index in [0.29, 0.717) is 36.8 Å². The van der Waals surface area contributed by atoms with E-state index in [2.05, 4.69) is 5.10 Å². The van der Waals surface area contributed by atoms with Gasteiger partial charge in [-0.2, -0.15) is 5.10 Å². The van der Waals surface area contributed by atoms with Gasteiger partial charge in [0.15, 0.2) is 11.5 Å². The summed E-state index contributed by atoms with van der Waals surface area (Å²) in [5, 5.41) is 4.37. The van der Waals surface area contributed by atoms with Crippen molar-refractivity contribution in [1.82, 2.24) is 14.7 Å². The maximum absolute atomic E-state index is 12.7. The third-order valence-corrected chi connectivity index (χ3v) is 4.21. The standard InChI is InChI=1S/C20H19N3O3/c1-22(13-15-12-21-23(14-15)17-5-3-2-4-6-17)20(24)16-7-8-18-19(11-16)26-10-9-25-18/h2-8,11-12,14H,9-10,13H2,1H3. The van der Waals surface area contributed by atoms with Gasteiger partial charge in [-0.15, -0.1) is 0 Å². The first kappa shape index (κ1) is 16.2. The van der Waals surface area contributed by atoms with Gasteiger partial charge >= 0.3 is 0 Å². The number of aromatic nitrogens is 2. The van der Waals surface area contributed by atoms with E-state index in [1.54, 1.807) is 41.0 Å².